The topological polar surface area (TPSA) is 48.0 Å². The third-order valence-corrected chi connectivity index (χ3v) is 5.51. The van der Waals surface area contributed by atoms with Crippen molar-refractivity contribution in [3.63, 3.8) is 0 Å². The van der Waals surface area contributed by atoms with Crippen molar-refractivity contribution in [1.29, 1.82) is 0 Å². The number of ether oxygens (including phenoxy) is 3. The van der Waals surface area contributed by atoms with Gasteiger partial charge in [-0.15, -0.1) is 0 Å². The van der Waals surface area contributed by atoms with E-state index in [-0.39, 0.29) is 11.8 Å². The Labute approximate surface area is 137 Å². The zero-order chi connectivity index (χ0) is 16.5. The smallest absolute Gasteiger partial charge is 0.337 e. The van der Waals surface area contributed by atoms with Crippen LogP contribution in [-0.2, 0) is 14.2 Å². The summed E-state index contributed by atoms with van der Waals surface area (Å²) in [6.45, 7) is 2.06. The molecule has 0 N–H and O–H groups in total. The molecule has 1 saturated carbocycles. The summed E-state index contributed by atoms with van der Waals surface area (Å²) in [7, 11) is 4.86. The van der Waals surface area contributed by atoms with Crippen LogP contribution in [0, 0.1) is 5.41 Å². The van der Waals surface area contributed by atoms with Gasteiger partial charge >= 0.3 is 5.97 Å². The second kappa shape index (κ2) is 6.13. The lowest BCUT2D eigenvalue weighted by atomic mass is 9.59. The predicted molar refractivity (Wildman–Crippen MR) is 87.6 cm³/mol. The lowest BCUT2D eigenvalue weighted by Gasteiger charge is -2.57. The van der Waals surface area contributed by atoms with Gasteiger partial charge < -0.3 is 19.1 Å². The highest BCUT2D eigenvalue weighted by atomic mass is 16.7. The summed E-state index contributed by atoms with van der Waals surface area (Å²) < 4.78 is 15.8. The molecule has 2 aliphatic rings. The van der Waals surface area contributed by atoms with Crippen molar-refractivity contribution in [1.82, 2.24) is 0 Å². The molecule has 23 heavy (non-hydrogen) atoms. The van der Waals surface area contributed by atoms with Crippen molar-refractivity contribution >= 4 is 11.7 Å². The Hall–Kier alpha value is -1.59. The number of esters is 1. The molecule has 0 unspecified atom stereocenters. The molecule has 2 fully saturated rings. The molecule has 126 valence electrons. The Bertz CT molecular complexity index is 547. The third-order valence-electron chi connectivity index (χ3n) is 5.51. The average Bonchev–Trinajstić information content (AvgIpc) is 2.59. The molecule has 1 aliphatic heterocycles. The Morgan fingerprint density at radius 1 is 1.00 bits per heavy atom. The first-order valence-corrected chi connectivity index (χ1v) is 8.09. The molecule has 1 aliphatic carbocycles. The van der Waals surface area contributed by atoms with Crippen LogP contribution in [0.2, 0.25) is 0 Å². The van der Waals surface area contributed by atoms with E-state index in [2.05, 4.69) is 4.90 Å². The fourth-order valence-corrected chi connectivity index (χ4v) is 3.98. The molecule has 0 bridgehead atoms. The van der Waals surface area contributed by atoms with Gasteiger partial charge in [0.05, 0.1) is 12.7 Å². The fraction of sp³-hybridized carbons (Fsp3) is 0.611. The van der Waals surface area contributed by atoms with Crippen LogP contribution < -0.4 is 4.90 Å². The maximum absolute atomic E-state index is 11.5. The SMILES string of the molecule is COC(=O)c1ccc(N2CCC3(CC2)CC(OC)(OC)C3)cc1. The number of rotatable bonds is 4. The molecule has 1 aromatic carbocycles. The molecule has 5 heteroatoms. The highest BCUT2D eigenvalue weighted by molar-refractivity contribution is 5.89. The minimum absolute atomic E-state index is 0.293. The van der Waals surface area contributed by atoms with Crippen molar-refractivity contribution in [2.45, 2.75) is 31.5 Å². The number of anilines is 1. The summed E-state index contributed by atoms with van der Waals surface area (Å²) in [5, 5.41) is 0. The second-order valence-electron chi connectivity index (χ2n) is 6.70. The van der Waals surface area contributed by atoms with Crippen LogP contribution in [0.3, 0.4) is 0 Å². The second-order valence-corrected chi connectivity index (χ2v) is 6.70. The van der Waals surface area contributed by atoms with E-state index in [9.17, 15) is 4.79 Å². The summed E-state index contributed by atoms with van der Waals surface area (Å²) in [5.74, 6) is -0.649. The normalized spacial score (nSPS) is 21.8. The first kappa shape index (κ1) is 16.3. The van der Waals surface area contributed by atoms with E-state index < -0.39 is 0 Å². The molecule has 0 radical (unpaired) electrons. The lowest BCUT2D eigenvalue weighted by Crippen LogP contribution is -2.58. The molecule has 3 rings (SSSR count). The van der Waals surface area contributed by atoms with Crippen LogP contribution in [-0.4, -0.2) is 46.2 Å². The van der Waals surface area contributed by atoms with Gasteiger partial charge in [-0.25, -0.2) is 4.79 Å². The Morgan fingerprint density at radius 3 is 2.04 bits per heavy atom. The minimum atomic E-state index is -0.357. The molecule has 1 aromatic rings. The van der Waals surface area contributed by atoms with Crippen LogP contribution >= 0.6 is 0 Å². The highest BCUT2D eigenvalue weighted by Gasteiger charge is 2.56. The number of benzene rings is 1. The maximum Gasteiger partial charge on any atom is 0.337 e. The summed E-state index contributed by atoms with van der Waals surface area (Å²) in [4.78, 5) is 13.9. The van der Waals surface area contributed by atoms with Crippen molar-refractivity contribution in [3.05, 3.63) is 29.8 Å². The summed E-state index contributed by atoms with van der Waals surface area (Å²) in [5.41, 5.74) is 2.12. The van der Waals surface area contributed by atoms with E-state index in [1.165, 1.54) is 7.11 Å². The molecule has 5 nitrogen and oxygen atoms in total. The fourth-order valence-electron chi connectivity index (χ4n) is 3.98. The Kier molecular flexibility index (Phi) is 4.34. The largest absolute Gasteiger partial charge is 0.465 e. The van der Waals surface area contributed by atoms with E-state index >= 15 is 0 Å². The average molecular weight is 319 g/mol. The van der Waals surface area contributed by atoms with Gasteiger partial charge in [-0.2, -0.15) is 0 Å². The van der Waals surface area contributed by atoms with Gasteiger partial charge in [0.15, 0.2) is 5.79 Å². The molecule has 1 heterocycles. The van der Waals surface area contributed by atoms with Gasteiger partial charge in [0.1, 0.15) is 0 Å². The summed E-state index contributed by atoms with van der Waals surface area (Å²) in [6, 6.07) is 7.66. The van der Waals surface area contributed by atoms with Crippen molar-refractivity contribution in [3.8, 4) is 0 Å². The van der Waals surface area contributed by atoms with Crippen molar-refractivity contribution < 1.29 is 19.0 Å². The van der Waals surface area contributed by atoms with E-state index in [1.54, 1.807) is 14.2 Å². The van der Waals surface area contributed by atoms with E-state index in [0.29, 0.717) is 11.0 Å². The van der Waals surface area contributed by atoms with Gasteiger partial charge in [-0.05, 0) is 42.5 Å². The zero-order valence-electron chi connectivity index (χ0n) is 14.1. The van der Waals surface area contributed by atoms with Crippen molar-refractivity contribution in [2.75, 3.05) is 39.3 Å². The highest BCUT2D eigenvalue weighted by Crippen LogP contribution is 2.56. The molecule has 1 spiro atoms. The van der Waals surface area contributed by atoms with E-state index in [0.717, 1.165) is 44.5 Å². The predicted octanol–water partition coefficient (Wildman–Crippen LogP) is 2.84. The minimum Gasteiger partial charge on any atom is -0.465 e. The van der Waals surface area contributed by atoms with Crippen LogP contribution in [0.25, 0.3) is 0 Å². The summed E-state index contributed by atoms with van der Waals surface area (Å²) >= 11 is 0. The molecule has 0 amide bonds. The van der Waals surface area contributed by atoms with Crippen LogP contribution in [0.5, 0.6) is 0 Å². The molecule has 0 aromatic heterocycles. The standard InChI is InChI=1S/C18H25NO4/c1-21-16(20)14-4-6-15(7-5-14)19-10-8-17(9-11-19)12-18(13-17,22-2)23-3/h4-7H,8-13H2,1-3H3. The maximum atomic E-state index is 11.5. The number of methoxy groups -OCH3 is 3. The molecular formula is C18H25NO4. The van der Waals surface area contributed by atoms with Crippen LogP contribution in [0.4, 0.5) is 5.69 Å². The Morgan fingerprint density at radius 2 is 1.57 bits per heavy atom. The van der Waals surface area contributed by atoms with Gasteiger partial charge in [0.2, 0.25) is 0 Å². The van der Waals surface area contributed by atoms with Gasteiger partial charge in [-0.3, -0.25) is 0 Å². The van der Waals surface area contributed by atoms with Gasteiger partial charge in [0, 0.05) is 45.8 Å². The van der Waals surface area contributed by atoms with Crippen LogP contribution in [0.15, 0.2) is 24.3 Å². The summed E-state index contributed by atoms with van der Waals surface area (Å²) in [6.07, 6.45) is 4.28. The number of nitrogens with zero attached hydrogens (tertiary/aromatic N) is 1. The van der Waals surface area contributed by atoms with E-state index in [4.69, 9.17) is 14.2 Å². The first-order valence-electron chi connectivity index (χ1n) is 8.09. The van der Waals surface area contributed by atoms with Gasteiger partial charge in [0.25, 0.3) is 0 Å². The van der Waals surface area contributed by atoms with E-state index in [1.807, 2.05) is 24.3 Å². The third kappa shape index (κ3) is 2.95. The number of hydrogen-bond acceptors (Lipinski definition) is 5. The monoisotopic (exact) mass is 319 g/mol. The van der Waals surface area contributed by atoms with Crippen molar-refractivity contribution in [2.24, 2.45) is 5.41 Å². The zero-order valence-corrected chi connectivity index (χ0v) is 14.1. The first-order chi connectivity index (χ1) is 11.1. The lowest BCUT2D eigenvalue weighted by molar-refractivity contribution is -0.300. The van der Waals surface area contributed by atoms with Gasteiger partial charge in [-0.1, -0.05) is 0 Å². The number of hydrogen-bond donors (Lipinski definition) is 0. The molecule has 1 saturated heterocycles. The number of carbonyl (C=O) groups excluding carboxylic acids is 1. The number of carbonyl (C=O) groups is 1. The quantitative estimate of drug-likeness (QED) is 0.631. The molecular weight excluding hydrogens is 294 g/mol. The van der Waals surface area contributed by atoms with Crippen LogP contribution in [0.1, 0.15) is 36.0 Å². The Balaban J connectivity index is 1.58. The molecule has 0 atom stereocenters. The number of piperidine rings is 1.